The van der Waals surface area contributed by atoms with Crippen molar-refractivity contribution < 1.29 is 80.2 Å². The number of hydrogen-bond acceptors (Lipinski definition) is 15. The molecule has 106 heavy (non-hydrogen) atoms. The number of esters is 4. The molecule has 0 heterocycles. The van der Waals surface area contributed by atoms with Gasteiger partial charge < -0.3 is 33.8 Å². The number of carbonyl (C=O) groups is 4. The molecule has 0 spiro atoms. The van der Waals surface area contributed by atoms with Gasteiger partial charge in [0.05, 0.1) is 32.8 Å². The topological polar surface area (TPSA) is 237 Å². The number of phosphoric acid groups is 2. The van der Waals surface area contributed by atoms with Crippen molar-refractivity contribution in [2.24, 2.45) is 0 Å². The van der Waals surface area contributed by atoms with Gasteiger partial charge in [0, 0.05) is 19.3 Å². The van der Waals surface area contributed by atoms with Crippen LogP contribution < -0.4 is 0 Å². The van der Waals surface area contributed by atoms with Gasteiger partial charge >= 0.3 is 39.5 Å². The van der Waals surface area contributed by atoms with Crippen LogP contribution in [0.2, 0.25) is 0 Å². The molecular formula is C87H144O17P2. The molecule has 5 unspecified atom stereocenters. The first kappa shape index (κ1) is 101. The molecule has 19 heteroatoms. The molecule has 0 aromatic heterocycles. The summed E-state index contributed by atoms with van der Waals surface area (Å²) in [5, 5.41) is 10.6. The number of phosphoric ester groups is 2. The van der Waals surface area contributed by atoms with Crippen molar-refractivity contribution in [2.45, 2.75) is 329 Å². The maximum atomic E-state index is 13.1. The predicted molar refractivity (Wildman–Crippen MR) is 436 cm³/mol. The number of unbranched alkanes of at least 4 members (excludes halogenated alkanes) is 24. The van der Waals surface area contributed by atoms with Crippen molar-refractivity contribution in [2.75, 3.05) is 39.6 Å². The van der Waals surface area contributed by atoms with Crippen LogP contribution >= 0.6 is 15.6 Å². The van der Waals surface area contributed by atoms with Gasteiger partial charge in [-0.25, -0.2) is 9.13 Å². The van der Waals surface area contributed by atoms with Crippen LogP contribution in [0.15, 0.2) is 158 Å². The lowest BCUT2D eigenvalue weighted by Gasteiger charge is -2.21. The van der Waals surface area contributed by atoms with E-state index < -0.39 is 97.5 Å². The molecule has 0 aliphatic heterocycles. The average molecular weight is 1520 g/mol. The highest BCUT2D eigenvalue weighted by molar-refractivity contribution is 7.47. The zero-order valence-corrected chi connectivity index (χ0v) is 67.8. The second-order valence-corrected chi connectivity index (χ2v) is 29.5. The highest BCUT2D eigenvalue weighted by Crippen LogP contribution is 2.45. The van der Waals surface area contributed by atoms with Crippen molar-refractivity contribution in [3.05, 3.63) is 158 Å². The molecule has 3 N–H and O–H groups in total. The number of hydrogen-bond donors (Lipinski definition) is 3. The first-order valence-electron chi connectivity index (χ1n) is 40.7. The van der Waals surface area contributed by atoms with E-state index in [1.807, 2.05) is 12.2 Å². The maximum Gasteiger partial charge on any atom is 0.472 e. The lowest BCUT2D eigenvalue weighted by molar-refractivity contribution is -0.161. The Morgan fingerprint density at radius 3 is 0.868 bits per heavy atom. The van der Waals surface area contributed by atoms with E-state index in [0.717, 1.165) is 186 Å². The first-order chi connectivity index (χ1) is 51.7. The van der Waals surface area contributed by atoms with E-state index in [0.29, 0.717) is 25.7 Å². The molecule has 0 aromatic rings. The predicted octanol–water partition coefficient (Wildman–Crippen LogP) is 24.0. The lowest BCUT2D eigenvalue weighted by atomic mass is 10.1. The summed E-state index contributed by atoms with van der Waals surface area (Å²) in [4.78, 5) is 73.0. The number of ether oxygens (including phenoxy) is 4. The Morgan fingerprint density at radius 1 is 0.283 bits per heavy atom. The zero-order chi connectivity index (χ0) is 77.4. The van der Waals surface area contributed by atoms with Crippen molar-refractivity contribution in [1.29, 1.82) is 0 Å². The van der Waals surface area contributed by atoms with Crippen LogP contribution in [-0.4, -0.2) is 96.7 Å². The van der Waals surface area contributed by atoms with Crippen molar-refractivity contribution in [3.63, 3.8) is 0 Å². The number of aliphatic hydroxyl groups excluding tert-OH is 1. The van der Waals surface area contributed by atoms with Gasteiger partial charge in [-0.05, 0) is 154 Å². The molecule has 0 amide bonds. The Morgan fingerprint density at radius 2 is 0.528 bits per heavy atom. The second kappa shape index (κ2) is 77.8. The monoisotopic (exact) mass is 1520 g/mol. The standard InChI is InChI=1S/C87H144O17P2/c1-5-9-13-17-21-25-29-33-36-38-40-42-45-48-51-55-59-63-67-71-84(89)97-77-82(103-86(91)73-69-65-61-57-53-47-32-28-24-20-16-12-8-4)79-101-105(93,94)99-75-81(88)76-100-106(95,96)102-80-83(104-87(92)74-70-66-62-58-54-50-44-35-31-27-23-19-15-11-7-3)78-98-85(90)72-68-64-60-56-52-49-46-43-41-39-37-34-30-26-22-18-14-10-6-2/h10-11,14-15,21-23,25-28,32-37,40-44,54,58,66,70,81-83,88H,5-9,12-13,16-20,24,29-31,38-39,45-53,55-57,59-65,67-69,71-80H2,1-4H3,(H,93,94)(H,95,96)/b14-10-,15-11-,25-21-,26-22-,27-23-,32-28-,36-33-,37-34-,42-40-,43-41-,44-35-,58-54-,70-66-. The molecule has 0 rings (SSSR count). The van der Waals surface area contributed by atoms with Gasteiger partial charge in [0.1, 0.15) is 19.3 Å². The van der Waals surface area contributed by atoms with Crippen molar-refractivity contribution in [3.8, 4) is 0 Å². The molecule has 0 bridgehead atoms. The largest absolute Gasteiger partial charge is 0.472 e. The average Bonchev–Trinajstić information content (AvgIpc) is 0.903. The summed E-state index contributed by atoms with van der Waals surface area (Å²) in [5.74, 6) is -2.37. The zero-order valence-electron chi connectivity index (χ0n) is 66.1. The summed E-state index contributed by atoms with van der Waals surface area (Å²) in [7, 11) is -10.0. The van der Waals surface area contributed by atoms with Gasteiger partial charge in [-0.15, -0.1) is 0 Å². The van der Waals surface area contributed by atoms with Gasteiger partial charge in [-0.2, -0.15) is 0 Å². The minimum Gasteiger partial charge on any atom is -0.462 e. The van der Waals surface area contributed by atoms with Crippen LogP contribution in [0.5, 0.6) is 0 Å². The Balaban J connectivity index is 5.43. The third-order valence-corrected chi connectivity index (χ3v) is 18.4. The van der Waals surface area contributed by atoms with Crippen LogP contribution in [0.3, 0.4) is 0 Å². The molecule has 0 aliphatic carbocycles. The molecule has 0 aromatic carbocycles. The van der Waals surface area contributed by atoms with E-state index in [4.69, 9.17) is 37.0 Å². The number of allylic oxidation sites excluding steroid dienone is 25. The van der Waals surface area contributed by atoms with Crippen LogP contribution in [0, 0.1) is 0 Å². The minimum absolute atomic E-state index is 0.0753. The van der Waals surface area contributed by atoms with Crippen LogP contribution in [-0.2, 0) is 65.4 Å². The summed E-state index contributed by atoms with van der Waals surface area (Å²) in [6.07, 6.45) is 91.0. The van der Waals surface area contributed by atoms with E-state index in [1.165, 1.54) is 44.9 Å². The number of carbonyl (C=O) groups excluding carboxylic acids is 4. The molecule has 0 aliphatic rings. The van der Waals surface area contributed by atoms with Gasteiger partial charge in [0.25, 0.3) is 0 Å². The summed E-state index contributed by atoms with van der Waals surface area (Å²) in [6.45, 7) is 4.45. The van der Waals surface area contributed by atoms with Crippen LogP contribution in [0.4, 0.5) is 0 Å². The van der Waals surface area contributed by atoms with Crippen molar-refractivity contribution >= 4 is 39.5 Å². The fourth-order valence-electron chi connectivity index (χ4n) is 10.3. The highest BCUT2D eigenvalue weighted by atomic mass is 31.2. The molecule has 0 radical (unpaired) electrons. The maximum absolute atomic E-state index is 13.1. The molecular weight excluding hydrogens is 1380 g/mol. The third-order valence-electron chi connectivity index (χ3n) is 16.5. The van der Waals surface area contributed by atoms with E-state index in [2.05, 4.69) is 161 Å². The highest BCUT2D eigenvalue weighted by Gasteiger charge is 2.30. The van der Waals surface area contributed by atoms with Crippen LogP contribution in [0.25, 0.3) is 0 Å². The van der Waals surface area contributed by atoms with E-state index >= 15 is 0 Å². The smallest absolute Gasteiger partial charge is 0.462 e. The number of rotatable bonds is 75. The Hall–Kier alpha value is -5.32. The quantitative estimate of drug-likeness (QED) is 0.0169. The summed E-state index contributed by atoms with van der Waals surface area (Å²) < 4.78 is 68.5. The van der Waals surface area contributed by atoms with E-state index in [9.17, 15) is 43.2 Å². The van der Waals surface area contributed by atoms with E-state index in [1.54, 1.807) is 12.2 Å². The second-order valence-electron chi connectivity index (χ2n) is 26.6. The summed E-state index contributed by atoms with van der Waals surface area (Å²) in [5.41, 5.74) is 0. The third kappa shape index (κ3) is 76.9. The Labute approximate surface area is 642 Å². The van der Waals surface area contributed by atoms with Gasteiger partial charge in [-0.1, -0.05) is 288 Å². The molecule has 0 saturated carbocycles. The van der Waals surface area contributed by atoms with Gasteiger partial charge in [-0.3, -0.25) is 37.3 Å². The normalized spacial score (nSPS) is 14.7. The molecule has 5 atom stereocenters. The van der Waals surface area contributed by atoms with Gasteiger partial charge in [0.15, 0.2) is 12.2 Å². The molecule has 0 saturated heterocycles. The Kier molecular flexibility index (Phi) is 73.9. The minimum atomic E-state index is -5.01. The molecule has 604 valence electrons. The van der Waals surface area contributed by atoms with Gasteiger partial charge in [0.2, 0.25) is 0 Å². The Bertz CT molecular complexity index is 2630. The SMILES string of the molecule is CC/C=C\C/C=C\C/C=C\C/C=C\C/C=C\CC(=O)OC(COC(=O)CCCCCCCC/C=C\C/C=C\C/C=C\C/C=C\CC)COP(=O)(O)OCC(O)COP(=O)(O)OCC(COC(=O)CCCCCCCC/C=C\C/C=C\C/C=C\CCCCC)OC(=O)CCCCCCC/C=C\CCCCCC. The van der Waals surface area contributed by atoms with Crippen LogP contribution in [0.1, 0.15) is 310 Å². The summed E-state index contributed by atoms with van der Waals surface area (Å²) in [6, 6.07) is 0. The molecule has 0 fully saturated rings. The fraction of sp³-hybridized carbons (Fsp3) is 0.655. The molecule has 17 nitrogen and oxygen atoms in total. The number of aliphatic hydroxyl groups is 1. The first-order valence-corrected chi connectivity index (χ1v) is 43.7. The summed E-state index contributed by atoms with van der Waals surface area (Å²) >= 11 is 0. The van der Waals surface area contributed by atoms with Crippen molar-refractivity contribution in [1.82, 2.24) is 0 Å². The lowest BCUT2D eigenvalue weighted by Crippen LogP contribution is -2.30. The fourth-order valence-corrected chi connectivity index (χ4v) is 11.9. The van der Waals surface area contributed by atoms with E-state index in [-0.39, 0.29) is 25.7 Å².